The van der Waals surface area contributed by atoms with Crippen LogP contribution in [0, 0.1) is 11.8 Å². The third-order valence-corrected chi connectivity index (χ3v) is 13.1. The van der Waals surface area contributed by atoms with Crippen LogP contribution in [-0.2, 0) is 46.9 Å². The molecule has 47 heavy (non-hydrogen) atoms. The lowest BCUT2D eigenvalue weighted by atomic mass is 9.70. The minimum absolute atomic E-state index is 0.101. The number of halogens is 5. The van der Waals surface area contributed by atoms with Crippen molar-refractivity contribution in [1.29, 1.82) is 0 Å². The van der Waals surface area contributed by atoms with Crippen molar-refractivity contribution in [1.82, 2.24) is 4.72 Å². The van der Waals surface area contributed by atoms with Crippen LogP contribution < -0.4 is 9.46 Å². The summed E-state index contributed by atoms with van der Waals surface area (Å²) in [5.41, 5.74) is -0.527. The van der Waals surface area contributed by atoms with Crippen LogP contribution in [0.5, 0.6) is 5.75 Å². The summed E-state index contributed by atoms with van der Waals surface area (Å²) in [5, 5.41) is 0. The van der Waals surface area contributed by atoms with Crippen LogP contribution in [0.4, 0.5) is 22.0 Å². The third-order valence-electron chi connectivity index (χ3n) is 8.51. The zero-order valence-corrected chi connectivity index (χ0v) is 27.8. The normalized spacial score (nSPS) is 24.4. The number of hydrogen-bond donors (Lipinski definition) is 1. The standard InChI is InChI=1S/C30H34F5NO8S3/c1-43-24-8-3-20(4-9-24)19-36-46(39,40)16-14-21-18-29(15-13-28(21)44-45(2,37)38,26-17-23(31)7-12-27(26)32)47(41,42)25-10-5-22(6-11-25)30(33,34)35/h3-12,21,26,28,36H,13-19H2,1-2H3/t21-,26?,28-,29-/m1/s1. The molecule has 1 fully saturated rings. The Morgan fingerprint density at radius 2 is 1.57 bits per heavy atom. The van der Waals surface area contributed by atoms with Gasteiger partial charge in [-0.15, -0.1) is 0 Å². The largest absolute Gasteiger partial charge is 0.497 e. The number of rotatable bonds is 12. The molecular formula is C30H34F5NO8S3. The van der Waals surface area contributed by atoms with Crippen LogP contribution in [0.1, 0.15) is 43.2 Å². The maximum Gasteiger partial charge on any atom is 0.416 e. The van der Waals surface area contributed by atoms with E-state index in [2.05, 4.69) is 4.72 Å². The number of sulfone groups is 1. The molecule has 4 atom stereocenters. The van der Waals surface area contributed by atoms with E-state index in [9.17, 15) is 42.8 Å². The quantitative estimate of drug-likeness (QED) is 0.221. The summed E-state index contributed by atoms with van der Waals surface area (Å²) in [6.45, 7) is -0.101. The van der Waals surface area contributed by atoms with Gasteiger partial charge in [-0.1, -0.05) is 12.1 Å². The Morgan fingerprint density at radius 1 is 0.936 bits per heavy atom. The molecule has 0 spiro atoms. The van der Waals surface area contributed by atoms with Crippen molar-refractivity contribution in [3.63, 3.8) is 0 Å². The first kappa shape index (κ1) is 37.0. The maximum atomic E-state index is 15.5. The van der Waals surface area contributed by atoms with Crippen LogP contribution in [-0.4, -0.2) is 55.2 Å². The Balaban J connectivity index is 1.69. The Bertz CT molecular complexity index is 1830. The molecule has 0 saturated heterocycles. The van der Waals surface area contributed by atoms with E-state index in [-0.39, 0.29) is 19.4 Å². The van der Waals surface area contributed by atoms with Crippen molar-refractivity contribution in [2.75, 3.05) is 19.1 Å². The van der Waals surface area contributed by atoms with Crippen LogP contribution in [0.2, 0.25) is 0 Å². The molecule has 2 aromatic rings. The lowest BCUT2D eigenvalue weighted by molar-refractivity contribution is -0.137. The molecule has 260 valence electrons. The zero-order chi connectivity index (χ0) is 34.8. The van der Waals surface area contributed by atoms with Gasteiger partial charge < -0.3 is 4.74 Å². The predicted molar refractivity (Wildman–Crippen MR) is 163 cm³/mol. The molecule has 2 aliphatic rings. The van der Waals surface area contributed by atoms with Crippen LogP contribution in [0.25, 0.3) is 0 Å². The highest BCUT2D eigenvalue weighted by atomic mass is 32.2. The van der Waals surface area contributed by atoms with E-state index in [1.807, 2.05) is 0 Å². The Labute approximate surface area is 270 Å². The number of allylic oxidation sites excluding steroid dienone is 4. The second kappa shape index (κ2) is 13.9. The molecule has 1 saturated carbocycles. The monoisotopic (exact) mass is 727 g/mol. The van der Waals surface area contributed by atoms with Gasteiger partial charge >= 0.3 is 6.18 Å². The van der Waals surface area contributed by atoms with E-state index in [0.29, 0.717) is 23.4 Å². The number of methoxy groups -OCH3 is 1. The summed E-state index contributed by atoms with van der Waals surface area (Å²) < 4.78 is 159. The molecule has 2 aromatic carbocycles. The maximum absolute atomic E-state index is 15.5. The fraction of sp³-hybridized carbons (Fsp3) is 0.467. The van der Waals surface area contributed by atoms with E-state index in [0.717, 1.165) is 30.5 Å². The average molecular weight is 728 g/mol. The van der Waals surface area contributed by atoms with Gasteiger partial charge in [-0.25, -0.2) is 30.3 Å². The average Bonchev–Trinajstić information content (AvgIpc) is 3.00. The molecule has 0 radical (unpaired) electrons. The lowest BCUT2D eigenvalue weighted by Gasteiger charge is -2.47. The van der Waals surface area contributed by atoms with Gasteiger partial charge in [0.05, 0.1) is 40.4 Å². The van der Waals surface area contributed by atoms with Gasteiger partial charge in [-0.05, 0) is 85.7 Å². The topological polar surface area (TPSA) is 133 Å². The second-order valence-corrected chi connectivity index (χ2v) is 17.4. The predicted octanol–water partition coefficient (Wildman–Crippen LogP) is 5.61. The molecule has 0 amide bonds. The molecule has 2 aliphatic carbocycles. The highest BCUT2D eigenvalue weighted by Crippen LogP contribution is 2.53. The number of sulfonamides is 1. The van der Waals surface area contributed by atoms with Gasteiger partial charge in [0.25, 0.3) is 10.1 Å². The van der Waals surface area contributed by atoms with Crippen molar-refractivity contribution >= 4 is 30.0 Å². The van der Waals surface area contributed by atoms with E-state index in [1.165, 1.54) is 7.11 Å². The number of hydrogen-bond acceptors (Lipinski definition) is 8. The molecule has 0 aliphatic heterocycles. The van der Waals surface area contributed by atoms with E-state index in [1.54, 1.807) is 24.3 Å². The highest BCUT2D eigenvalue weighted by molar-refractivity contribution is 7.93. The summed E-state index contributed by atoms with van der Waals surface area (Å²) in [7, 11) is -11.5. The number of nitrogens with one attached hydrogen (secondary N) is 1. The Morgan fingerprint density at radius 3 is 2.15 bits per heavy atom. The number of ether oxygens (including phenoxy) is 1. The van der Waals surface area contributed by atoms with E-state index in [4.69, 9.17) is 8.92 Å². The van der Waals surface area contributed by atoms with Crippen LogP contribution >= 0.6 is 0 Å². The Hall–Kier alpha value is -2.86. The molecule has 0 aromatic heterocycles. The summed E-state index contributed by atoms with van der Waals surface area (Å²) in [6, 6.07) is 9.13. The van der Waals surface area contributed by atoms with Crippen molar-refractivity contribution in [2.24, 2.45) is 11.8 Å². The van der Waals surface area contributed by atoms with Crippen molar-refractivity contribution in [3.8, 4) is 5.75 Å². The first-order valence-electron chi connectivity index (χ1n) is 14.4. The van der Waals surface area contributed by atoms with Gasteiger partial charge in [0.15, 0.2) is 9.84 Å². The fourth-order valence-corrected chi connectivity index (χ4v) is 10.3. The SMILES string of the molecule is COc1ccc(CNS(=O)(=O)CC[C@@H]2C[C@](C3CC(F)=CC=C3F)(S(=O)(=O)c3ccc(C(F)(F)F)cc3)CC[C@H]2OS(C)(=O)=O)cc1. The van der Waals surface area contributed by atoms with Crippen molar-refractivity contribution in [3.05, 3.63) is 83.5 Å². The molecule has 17 heteroatoms. The summed E-state index contributed by atoms with van der Waals surface area (Å²) in [6.07, 6.45) is -5.96. The second-order valence-electron chi connectivity index (χ2n) is 11.6. The molecule has 4 rings (SSSR count). The highest BCUT2D eigenvalue weighted by Gasteiger charge is 2.57. The van der Waals surface area contributed by atoms with Gasteiger partial charge in [0.2, 0.25) is 10.0 Å². The molecular weight excluding hydrogens is 694 g/mol. The number of alkyl halides is 3. The van der Waals surface area contributed by atoms with Gasteiger partial charge in [-0.2, -0.15) is 21.6 Å². The summed E-state index contributed by atoms with van der Waals surface area (Å²) in [4.78, 5) is -0.580. The number of benzene rings is 2. The van der Waals surface area contributed by atoms with Crippen molar-refractivity contribution in [2.45, 2.75) is 60.6 Å². The third kappa shape index (κ3) is 8.79. The van der Waals surface area contributed by atoms with E-state index >= 15 is 4.39 Å². The van der Waals surface area contributed by atoms with Crippen molar-refractivity contribution < 1.29 is 56.1 Å². The first-order valence-corrected chi connectivity index (χ1v) is 19.3. The fourth-order valence-electron chi connectivity index (χ4n) is 6.14. The minimum Gasteiger partial charge on any atom is -0.497 e. The molecule has 0 heterocycles. The minimum atomic E-state index is -4.77. The molecule has 9 nitrogen and oxygen atoms in total. The Kier molecular flexibility index (Phi) is 11.0. The van der Waals surface area contributed by atoms with E-state index < -0.39 is 106 Å². The van der Waals surface area contributed by atoms with Crippen LogP contribution in [0.15, 0.2) is 77.2 Å². The molecule has 0 bridgehead atoms. The van der Waals surface area contributed by atoms with Crippen LogP contribution in [0.3, 0.4) is 0 Å². The smallest absolute Gasteiger partial charge is 0.416 e. The van der Waals surface area contributed by atoms with Gasteiger partial charge in [0.1, 0.15) is 17.4 Å². The lowest BCUT2D eigenvalue weighted by Crippen LogP contribution is -2.53. The molecule has 1 unspecified atom stereocenters. The zero-order valence-electron chi connectivity index (χ0n) is 25.3. The molecule has 1 N–H and O–H groups in total. The first-order chi connectivity index (χ1) is 21.8. The summed E-state index contributed by atoms with van der Waals surface area (Å²) in [5.74, 6) is -4.63. The van der Waals surface area contributed by atoms with Gasteiger partial charge in [-0.3, -0.25) is 4.18 Å². The van der Waals surface area contributed by atoms with Gasteiger partial charge in [0, 0.05) is 18.9 Å². The summed E-state index contributed by atoms with van der Waals surface area (Å²) >= 11 is 0.